The van der Waals surface area contributed by atoms with Crippen molar-refractivity contribution in [2.45, 2.75) is 12.3 Å². The summed E-state index contributed by atoms with van der Waals surface area (Å²) in [4.78, 5) is 2.38. The van der Waals surface area contributed by atoms with Gasteiger partial charge >= 0.3 is 0 Å². The van der Waals surface area contributed by atoms with Crippen molar-refractivity contribution in [1.29, 1.82) is 0 Å². The van der Waals surface area contributed by atoms with Crippen molar-refractivity contribution in [3.8, 4) is 33.4 Å². The van der Waals surface area contributed by atoms with Crippen molar-refractivity contribution in [1.82, 2.24) is 0 Å². The minimum Gasteiger partial charge on any atom is -0.311 e. The third kappa shape index (κ3) is 7.47. The summed E-state index contributed by atoms with van der Waals surface area (Å²) in [5, 5.41) is 2.64. The predicted octanol–water partition coefficient (Wildman–Crippen LogP) is 17.2. The maximum absolute atomic E-state index is 2.44. The standard InChI is InChI=1S/C60H43NS/c1-4-12-42(13-5-1)45-20-22-46(23-21-45)47-24-31-54(32-25-47)61(55-33-26-48(27-34-55)50-30-37-60-58(41-50)57-18-10-11-19-59(57)62-60)56-35-28-49(29-36-56)53-39-51(43-14-6-2-7-15-43)38-52(40-53)44-16-8-3-9-17-44/h1-39,41,52H,40H2. The highest BCUT2D eigenvalue weighted by Crippen LogP contribution is 2.42. The van der Waals surface area contributed by atoms with Crippen molar-refractivity contribution in [3.63, 3.8) is 0 Å². The molecule has 11 rings (SSSR count). The zero-order valence-corrected chi connectivity index (χ0v) is 35.1. The number of nitrogens with zero attached hydrogens (tertiary/aromatic N) is 1. The maximum Gasteiger partial charge on any atom is 0.0462 e. The van der Waals surface area contributed by atoms with Gasteiger partial charge in [0.2, 0.25) is 0 Å². The highest BCUT2D eigenvalue weighted by atomic mass is 32.1. The highest BCUT2D eigenvalue weighted by Gasteiger charge is 2.20. The molecule has 0 N–H and O–H groups in total. The van der Waals surface area contributed by atoms with E-state index in [-0.39, 0.29) is 0 Å². The van der Waals surface area contributed by atoms with Gasteiger partial charge in [-0.2, -0.15) is 0 Å². The third-order valence-corrected chi connectivity index (χ3v) is 13.4. The first-order chi connectivity index (χ1) is 30.7. The van der Waals surface area contributed by atoms with Crippen LogP contribution in [0, 0.1) is 0 Å². The Labute approximate surface area is 367 Å². The van der Waals surface area contributed by atoms with E-state index in [1.807, 2.05) is 11.3 Å². The van der Waals surface area contributed by atoms with Crippen LogP contribution >= 0.6 is 11.3 Å². The molecule has 0 fully saturated rings. The molecule has 0 saturated carbocycles. The van der Waals surface area contributed by atoms with Gasteiger partial charge in [-0.15, -0.1) is 11.3 Å². The van der Waals surface area contributed by atoms with E-state index in [1.54, 1.807) is 0 Å². The Morgan fingerprint density at radius 1 is 0.355 bits per heavy atom. The Kier molecular flexibility index (Phi) is 9.97. The average molecular weight is 810 g/mol. The van der Waals surface area contributed by atoms with E-state index in [4.69, 9.17) is 0 Å². The van der Waals surface area contributed by atoms with Gasteiger partial charge in [0.25, 0.3) is 0 Å². The highest BCUT2D eigenvalue weighted by molar-refractivity contribution is 7.25. The van der Waals surface area contributed by atoms with Crippen LogP contribution in [0.25, 0.3) is 64.7 Å². The van der Waals surface area contributed by atoms with E-state index < -0.39 is 0 Å². The molecule has 1 aliphatic carbocycles. The number of anilines is 3. The van der Waals surface area contributed by atoms with Gasteiger partial charge in [-0.3, -0.25) is 0 Å². The number of hydrogen-bond donors (Lipinski definition) is 0. The topological polar surface area (TPSA) is 3.24 Å². The smallest absolute Gasteiger partial charge is 0.0462 e. The van der Waals surface area contributed by atoms with Gasteiger partial charge in [0.1, 0.15) is 0 Å². The molecule has 10 aromatic rings. The fourth-order valence-electron chi connectivity index (χ4n) is 9.00. The number of fused-ring (bicyclic) bond motifs is 3. The van der Waals surface area contributed by atoms with E-state index in [0.717, 1.165) is 23.5 Å². The number of allylic oxidation sites excluding steroid dienone is 4. The van der Waals surface area contributed by atoms with Gasteiger partial charge in [-0.1, -0.05) is 188 Å². The van der Waals surface area contributed by atoms with Gasteiger partial charge in [-0.25, -0.2) is 0 Å². The predicted molar refractivity (Wildman–Crippen MR) is 267 cm³/mol. The van der Waals surface area contributed by atoms with Crippen molar-refractivity contribution >= 4 is 59.7 Å². The molecule has 1 unspecified atom stereocenters. The number of hydrogen-bond acceptors (Lipinski definition) is 2. The largest absolute Gasteiger partial charge is 0.311 e. The van der Waals surface area contributed by atoms with Crippen molar-refractivity contribution in [2.75, 3.05) is 4.90 Å². The molecule has 1 nitrogen and oxygen atoms in total. The molecule has 0 aliphatic heterocycles. The van der Waals surface area contributed by atoms with Crippen LogP contribution in [0.5, 0.6) is 0 Å². The van der Waals surface area contributed by atoms with Gasteiger partial charge in [0, 0.05) is 43.2 Å². The van der Waals surface area contributed by atoms with E-state index >= 15 is 0 Å². The van der Waals surface area contributed by atoms with E-state index in [1.165, 1.54) is 81.4 Å². The summed E-state index contributed by atoms with van der Waals surface area (Å²) in [6.45, 7) is 0. The molecule has 0 amide bonds. The lowest BCUT2D eigenvalue weighted by molar-refractivity contribution is 0.871. The van der Waals surface area contributed by atoms with E-state index in [0.29, 0.717) is 5.92 Å². The Morgan fingerprint density at radius 2 is 0.790 bits per heavy atom. The summed E-state index contributed by atoms with van der Waals surface area (Å²) < 4.78 is 2.65. The number of rotatable bonds is 9. The zero-order valence-electron chi connectivity index (χ0n) is 34.2. The molecule has 1 aromatic heterocycles. The van der Waals surface area contributed by atoms with Gasteiger partial charge in [0.15, 0.2) is 0 Å². The number of benzene rings is 9. The lowest BCUT2D eigenvalue weighted by Gasteiger charge is -2.27. The molecule has 0 saturated heterocycles. The maximum atomic E-state index is 2.44. The molecule has 9 aromatic carbocycles. The van der Waals surface area contributed by atoms with Crippen molar-refractivity contribution in [2.24, 2.45) is 0 Å². The van der Waals surface area contributed by atoms with E-state index in [2.05, 4.69) is 248 Å². The minimum absolute atomic E-state index is 0.299. The van der Waals surface area contributed by atoms with Crippen LogP contribution in [0.15, 0.2) is 243 Å². The van der Waals surface area contributed by atoms with Gasteiger partial charge in [0.05, 0.1) is 0 Å². The summed E-state index contributed by atoms with van der Waals surface area (Å²) in [7, 11) is 0. The average Bonchev–Trinajstić information content (AvgIpc) is 3.74. The molecule has 0 radical (unpaired) electrons. The quantitative estimate of drug-likeness (QED) is 0.140. The lowest BCUT2D eigenvalue weighted by Crippen LogP contribution is -2.10. The van der Waals surface area contributed by atoms with Crippen LogP contribution in [0.1, 0.15) is 29.0 Å². The first-order valence-corrected chi connectivity index (χ1v) is 22.2. The minimum atomic E-state index is 0.299. The second kappa shape index (κ2) is 16.5. The second-order valence-corrected chi connectivity index (χ2v) is 17.2. The third-order valence-electron chi connectivity index (χ3n) is 12.3. The Balaban J connectivity index is 0.941. The molecular formula is C60H43NS. The Morgan fingerprint density at radius 3 is 1.39 bits per heavy atom. The van der Waals surface area contributed by atoms with Gasteiger partial charge < -0.3 is 4.90 Å². The monoisotopic (exact) mass is 809 g/mol. The van der Waals surface area contributed by atoms with Crippen LogP contribution in [-0.4, -0.2) is 0 Å². The molecule has 2 heteroatoms. The molecular weight excluding hydrogens is 767 g/mol. The summed E-state index contributed by atoms with van der Waals surface area (Å²) in [6, 6.07) is 84.0. The van der Waals surface area contributed by atoms with Crippen LogP contribution < -0.4 is 4.90 Å². The van der Waals surface area contributed by atoms with Gasteiger partial charge in [-0.05, 0) is 122 Å². The number of thiophene rings is 1. The van der Waals surface area contributed by atoms with E-state index in [9.17, 15) is 0 Å². The SMILES string of the molecule is C1=C(c2ccccc2)C=C(c2ccc(N(c3ccc(-c4ccc(-c5ccccc5)cc4)cc3)c3ccc(-c4ccc5sc6ccccc6c5c4)cc3)cc2)CC1c1ccccc1. The second-order valence-electron chi connectivity index (χ2n) is 16.1. The molecule has 1 aliphatic rings. The van der Waals surface area contributed by atoms with Crippen molar-refractivity contribution in [3.05, 3.63) is 259 Å². The van der Waals surface area contributed by atoms with Crippen LogP contribution in [0.3, 0.4) is 0 Å². The fraction of sp³-hybridized carbons (Fsp3) is 0.0333. The summed E-state index contributed by atoms with van der Waals surface area (Å²) in [6.07, 6.45) is 5.78. The van der Waals surface area contributed by atoms with Crippen LogP contribution in [-0.2, 0) is 0 Å². The molecule has 62 heavy (non-hydrogen) atoms. The molecule has 1 heterocycles. The summed E-state index contributed by atoms with van der Waals surface area (Å²) >= 11 is 1.86. The van der Waals surface area contributed by atoms with Crippen LogP contribution in [0.4, 0.5) is 17.1 Å². The Hall–Kier alpha value is -7.52. The molecule has 0 bridgehead atoms. The molecule has 294 valence electrons. The first kappa shape index (κ1) is 37.5. The fourth-order valence-corrected chi connectivity index (χ4v) is 10.1. The summed E-state index contributed by atoms with van der Waals surface area (Å²) in [5.41, 5.74) is 17.1. The molecule has 0 spiro atoms. The Bertz CT molecular complexity index is 3200. The molecule has 1 atom stereocenters. The first-order valence-electron chi connectivity index (χ1n) is 21.4. The summed E-state index contributed by atoms with van der Waals surface area (Å²) in [5.74, 6) is 0.299. The lowest BCUT2D eigenvalue weighted by atomic mass is 9.81. The van der Waals surface area contributed by atoms with Crippen molar-refractivity contribution < 1.29 is 0 Å². The van der Waals surface area contributed by atoms with Crippen LogP contribution in [0.2, 0.25) is 0 Å². The normalized spacial score (nSPS) is 13.8. The zero-order chi connectivity index (χ0) is 41.2.